The van der Waals surface area contributed by atoms with Gasteiger partial charge in [0, 0.05) is 18.0 Å². The number of amides is 1. The molecule has 0 aromatic carbocycles. The largest absolute Gasteiger partial charge is 0.480 e. The molecule has 0 aliphatic heterocycles. The number of aromatic nitrogens is 1. The Labute approximate surface area is 113 Å². The number of rotatable bonds is 4. The molecule has 0 bridgehead atoms. The first-order valence-electron chi connectivity index (χ1n) is 5.48. The molecular formula is C12H12N2O4S. The van der Waals surface area contributed by atoms with Crippen molar-refractivity contribution in [3.05, 3.63) is 29.7 Å². The Bertz CT molecular complexity index is 591. The minimum absolute atomic E-state index is 0.233. The highest BCUT2D eigenvalue weighted by Crippen LogP contribution is 2.24. The van der Waals surface area contributed by atoms with Crippen molar-refractivity contribution in [2.45, 2.75) is 13.0 Å². The summed E-state index contributed by atoms with van der Waals surface area (Å²) in [7, 11) is 1.44. The normalized spacial score (nSPS) is 12.1. The van der Waals surface area contributed by atoms with Crippen LogP contribution in [0, 0.1) is 0 Å². The molecule has 1 atom stereocenters. The standard InChI is InChI=1S/C12H12N2O4S/c1-7(12(16)17)14(2)11(15)9-6-19-10(13-9)8-3-4-18-5-8/h3-7H,1-2H3,(H,16,17). The molecule has 0 fully saturated rings. The van der Waals surface area contributed by atoms with E-state index in [1.165, 1.54) is 37.8 Å². The average Bonchev–Trinajstić information content (AvgIpc) is 3.05. The lowest BCUT2D eigenvalue weighted by Gasteiger charge is -2.20. The van der Waals surface area contributed by atoms with Gasteiger partial charge in [0.25, 0.3) is 5.91 Å². The first-order chi connectivity index (χ1) is 9.00. The molecule has 0 aliphatic rings. The molecule has 6 nitrogen and oxygen atoms in total. The summed E-state index contributed by atoms with van der Waals surface area (Å²) < 4.78 is 4.95. The SMILES string of the molecule is CC(C(=O)O)N(C)C(=O)c1csc(-c2ccoc2)n1. The van der Waals surface area contributed by atoms with Gasteiger partial charge in [0.2, 0.25) is 0 Å². The van der Waals surface area contributed by atoms with Gasteiger partial charge in [-0.2, -0.15) is 0 Å². The number of hydrogen-bond donors (Lipinski definition) is 1. The zero-order chi connectivity index (χ0) is 14.0. The number of carbonyl (C=O) groups is 2. The van der Waals surface area contributed by atoms with Crippen molar-refractivity contribution in [1.82, 2.24) is 9.88 Å². The maximum absolute atomic E-state index is 12.1. The molecule has 19 heavy (non-hydrogen) atoms. The van der Waals surface area contributed by atoms with Gasteiger partial charge in [-0.3, -0.25) is 4.79 Å². The number of furan rings is 1. The monoisotopic (exact) mass is 280 g/mol. The van der Waals surface area contributed by atoms with Gasteiger partial charge in [0.15, 0.2) is 0 Å². The minimum atomic E-state index is -1.05. The summed E-state index contributed by atoms with van der Waals surface area (Å²) in [5, 5.41) is 11.1. The van der Waals surface area contributed by atoms with Gasteiger partial charge in [0.05, 0.1) is 6.26 Å². The van der Waals surface area contributed by atoms with Crippen molar-refractivity contribution < 1.29 is 19.1 Å². The summed E-state index contributed by atoms with van der Waals surface area (Å²) in [6.07, 6.45) is 3.06. The summed E-state index contributed by atoms with van der Waals surface area (Å²) in [5.41, 5.74) is 1.02. The van der Waals surface area contributed by atoms with E-state index in [4.69, 9.17) is 9.52 Å². The Morgan fingerprint density at radius 1 is 1.53 bits per heavy atom. The summed E-state index contributed by atoms with van der Waals surface area (Å²) in [4.78, 5) is 28.2. The maximum Gasteiger partial charge on any atom is 0.326 e. The fourth-order valence-electron chi connectivity index (χ4n) is 1.41. The van der Waals surface area contributed by atoms with E-state index in [0.29, 0.717) is 5.01 Å². The van der Waals surface area contributed by atoms with E-state index in [-0.39, 0.29) is 5.69 Å². The van der Waals surface area contributed by atoms with E-state index < -0.39 is 17.9 Å². The van der Waals surface area contributed by atoms with Gasteiger partial charge in [-0.25, -0.2) is 9.78 Å². The summed E-state index contributed by atoms with van der Waals surface area (Å²) in [6.45, 7) is 1.45. The Morgan fingerprint density at radius 2 is 2.26 bits per heavy atom. The summed E-state index contributed by atoms with van der Waals surface area (Å²) in [6, 6.07) is 0.850. The second kappa shape index (κ2) is 5.23. The number of carboxylic acid groups (broad SMARTS) is 1. The van der Waals surface area contributed by atoms with Crippen LogP contribution >= 0.6 is 11.3 Å². The first kappa shape index (κ1) is 13.3. The van der Waals surface area contributed by atoms with Crippen LogP contribution in [0.2, 0.25) is 0 Å². The van der Waals surface area contributed by atoms with E-state index in [2.05, 4.69) is 4.98 Å². The predicted octanol–water partition coefficient (Wildman–Crippen LogP) is 1.95. The van der Waals surface area contributed by atoms with Crippen LogP contribution in [0.15, 0.2) is 28.4 Å². The number of hydrogen-bond acceptors (Lipinski definition) is 5. The third kappa shape index (κ3) is 2.65. The van der Waals surface area contributed by atoms with Crippen LogP contribution in [0.4, 0.5) is 0 Å². The lowest BCUT2D eigenvalue weighted by atomic mass is 10.3. The van der Waals surface area contributed by atoms with Crippen molar-refractivity contribution in [3.8, 4) is 10.6 Å². The summed E-state index contributed by atoms with van der Waals surface area (Å²) >= 11 is 1.31. The molecule has 0 saturated carbocycles. The molecule has 2 aromatic heterocycles. The molecule has 1 unspecified atom stereocenters. The highest BCUT2D eigenvalue weighted by atomic mass is 32.1. The Kier molecular flexibility index (Phi) is 3.66. The maximum atomic E-state index is 12.1. The molecule has 1 N–H and O–H groups in total. The fourth-order valence-corrected chi connectivity index (χ4v) is 2.19. The zero-order valence-electron chi connectivity index (χ0n) is 10.4. The molecule has 0 saturated heterocycles. The van der Waals surface area contributed by atoms with Gasteiger partial charge in [-0.1, -0.05) is 0 Å². The molecule has 100 valence electrons. The van der Waals surface area contributed by atoms with Crippen LogP contribution < -0.4 is 0 Å². The van der Waals surface area contributed by atoms with Crippen molar-refractivity contribution in [2.24, 2.45) is 0 Å². The van der Waals surface area contributed by atoms with Crippen LogP contribution in [0.1, 0.15) is 17.4 Å². The molecule has 0 radical (unpaired) electrons. The first-order valence-corrected chi connectivity index (χ1v) is 6.36. The van der Waals surface area contributed by atoms with Crippen molar-refractivity contribution in [1.29, 1.82) is 0 Å². The lowest BCUT2D eigenvalue weighted by molar-refractivity contribution is -0.141. The third-order valence-electron chi connectivity index (χ3n) is 2.75. The highest BCUT2D eigenvalue weighted by molar-refractivity contribution is 7.13. The second-order valence-electron chi connectivity index (χ2n) is 3.98. The molecule has 0 aliphatic carbocycles. The van der Waals surface area contributed by atoms with E-state index in [9.17, 15) is 9.59 Å². The van der Waals surface area contributed by atoms with Crippen molar-refractivity contribution >= 4 is 23.2 Å². The van der Waals surface area contributed by atoms with Crippen LogP contribution in [0.5, 0.6) is 0 Å². The molecule has 2 heterocycles. The number of carbonyl (C=O) groups excluding carboxylic acids is 1. The van der Waals surface area contributed by atoms with Gasteiger partial charge >= 0.3 is 5.97 Å². The molecule has 0 spiro atoms. The fraction of sp³-hybridized carbons (Fsp3) is 0.250. The number of thiazole rings is 1. The predicted molar refractivity (Wildman–Crippen MR) is 69.0 cm³/mol. The van der Waals surface area contributed by atoms with E-state index in [0.717, 1.165) is 10.5 Å². The Morgan fingerprint density at radius 3 is 2.84 bits per heavy atom. The van der Waals surface area contributed by atoms with Crippen molar-refractivity contribution in [2.75, 3.05) is 7.05 Å². The molecule has 2 rings (SSSR count). The quantitative estimate of drug-likeness (QED) is 0.925. The number of carboxylic acids is 1. The summed E-state index contributed by atoms with van der Waals surface area (Å²) in [5.74, 6) is -1.47. The van der Waals surface area contributed by atoms with E-state index in [1.807, 2.05) is 0 Å². The highest BCUT2D eigenvalue weighted by Gasteiger charge is 2.24. The van der Waals surface area contributed by atoms with Crippen LogP contribution in [0.25, 0.3) is 10.6 Å². The molecule has 2 aromatic rings. The zero-order valence-corrected chi connectivity index (χ0v) is 11.2. The Balaban J connectivity index is 2.19. The number of likely N-dealkylation sites (N-methyl/N-ethyl adjacent to an activating group) is 1. The minimum Gasteiger partial charge on any atom is -0.480 e. The average molecular weight is 280 g/mol. The molecule has 1 amide bonds. The number of nitrogens with zero attached hydrogens (tertiary/aromatic N) is 2. The van der Waals surface area contributed by atoms with Gasteiger partial charge in [-0.15, -0.1) is 11.3 Å². The second-order valence-corrected chi connectivity index (χ2v) is 4.84. The topological polar surface area (TPSA) is 83.6 Å². The van der Waals surface area contributed by atoms with Gasteiger partial charge in [-0.05, 0) is 13.0 Å². The van der Waals surface area contributed by atoms with Crippen molar-refractivity contribution in [3.63, 3.8) is 0 Å². The Hall–Kier alpha value is -2.15. The van der Waals surface area contributed by atoms with Crippen LogP contribution in [0.3, 0.4) is 0 Å². The smallest absolute Gasteiger partial charge is 0.326 e. The van der Waals surface area contributed by atoms with Crippen LogP contribution in [-0.2, 0) is 4.79 Å². The van der Waals surface area contributed by atoms with E-state index >= 15 is 0 Å². The number of aliphatic carboxylic acids is 1. The molecular weight excluding hydrogens is 268 g/mol. The lowest BCUT2D eigenvalue weighted by Crippen LogP contribution is -2.40. The van der Waals surface area contributed by atoms with Crippen LogP contribution in [-0.4, -0.2) is 40.0 Å². The van der Waals surface area contributed by atoms with E-state index in [1.54, 1.807) is 11.4 Å². The molecule has 7 heteroatoms. The van der Waals surface area contributed by atoms with Gasteiger partial charge < -0.3 is 14.4 Å². The third-order valence-corrected chi connectivity index (χ3v) is 3.64. The van der Waals surface area contributed by atoms with Gasteiger partial charge in [0.1, 0.15) is 23.0 Å².